The number of nitrogens with zero attached hydrogens (tertiary/aromatic N) is 4. The Morgan fingerprint density at radius 2 is 2.12 bits per heavy atom. The van der Waals surface area contributed by atoms with E-state index < -0.39 is 5.82 Å². The summed E-state index contributed by atoms with van der Waals surface area (Å²) in [6, 6.07) is 1.49. The van der Waals surface area contributed by atoms with Gasteiger partial charge in [-0.15, -0.1) is 0 Å². The topological polar surface area (TPSA) is 86.8 Å². The summed E-state index contributed by atoms with van der Waals surface area (Å²) in [6.45, 7) is 0. The minimum atomic E-state index is -0.532. The molecule has 82 valence electrons. The lowest BCUT2D eigenvalue weighted by Crippen LogP contribution is -2.03. The van der Waals surface area contributed by atoms with Crippen LogP contribution in [0.5, 0.6) is 6.01 Å². The van der Waals surface area contributed by atoms with Gasteiger partial charge in [-0.25, -0.2) is 4.39 Å². The van der Waals surface area contributed by atoms with Gasteiger partial charge in [0.05, 0.1) is 18.9 Å². The van der Waals surface area contributed by atoms with Crippen molar-refractivity contribution in [3.63, 3.8) is 0 Å². The molecule has 6 nitrogen and oxygen atoms in total. The molecule has 0 aromatic carbocycles. The van der Waals surface area contributed by atoms with E-state index in [0.29, 0.717) is 0 Å². The average Bonchev–Trinajstić information content (AvgIpc) is 2.28. The van der Waals surface area contributed by atoms with Gasteiger partial charge in [0.15, 0.2) is 11.6 Å². The minimum Gasteiger partial charge on any atom is -0.467 e. The van der Waals surface area contributed by atoms with Crippen LogP contribution in [-0.2, 0) is 0 Å². The number of ether oxygens (including phenoxy) is 1. The molecule has 0 saturated carbocycles. The Kier molecular flexibility index (Phi) is 2.59. The first-order valence-corrected chi connectivity index (χ1v) is 4.36. The molecular formula is C9H8FN5O. The lowest BCUT2D eigenvalue weighted by atomic mass is 10.2. The molecule has 0 atom stereocenters. The summed E-state index contributed by atoms with van der Waals surface area (Å²) in [7, 11) is 1.39. The van der Waals surface area contributed by atoms with Crippen LogP contribution in [0, 0.1) is 5.82 Å². The van der Waals surface area contributed by atoms with Crippen molar-refractivity contribution in [2.45, 2.75) is 0 Å². The Morgan fingerprint density at radius 3 is 2.81 bits per heavy atom. The second-order valence-corrected chi connectivity index (χ2v) is 2.86. The van der Waals surface area contributed by atoms with Crippen LogP contribution < -0.4 is 10.5 Å². The molecule has 16 heavy (non-hydrogen) atoms. The third-order valence-corrected chi connectivity index (χ3v) is 1.83. The zero-order valence-electron chi connectivity index (χ0n) is 8.38. The Balaban J connectivity index is 2.56. The maximum Gasteiger partial charge on any atom is 0.321 e. The van der Waals surface area contributed by atoms with E-state index in [1.54, 1.807) is 0 Å². The van der Waals surface area contributed by atoms with E-state index >= 15 is 0 Å². The average molecular weight is 221 g/mol. The second-order valence-electron chi connectivity index (χ2n) is 2.86. The molecule has 0 aliphatic carbocycles. The van der Waals surface area contributed by atoms with Crippen LogP contribution >= 0.6 is 0 Å². The van der Waals surface area contributed by atoms with Crippen LogP contribution in [0.25, 0.3) is 11.4 Å². The third kappa shape index (κ3) is 1.88. The molecule has 0 aliphatic heterocycles. The molecule has 2 aromatic rings. The highest BCUT2D eigenvalue weighted by Gasteiger charge is 2.11. The molecule has 0 saturated heterocycles. The fourth-order valence-electron chi connectivity index (χ4n) is 1.14. The Bertz CT molecular complexity index is 519. The van der Waals surface area contributed by atoms with E-state index in [4.69, 9.17) is 10.5 Å². The van der Waals surface area contributed by atoms with Crippen molar-refractivity contribution < 1.29 is 9.13 Å². The van der Waals surface area contributed by atoms with E-state index in [2.05, 4.69) is 19.9 Å². The standard InChI is InChI=1S/C9H8FN5O/c1-16-9-14-7(13-8(11)15-9)5-2-3-12-4-6(5)10/h2-4H,1H3,(H2,11,13,14,15). The highest BCUT2D eigenvalue weighted by molar-refractivity contribution is 5.55. The van der Waals surface area contributed by atoms with Gasteiger partial charge in [0, 0.05) is 6.20 Å². The van der Waals surface area contributed by atoms with Crippen LogP contribution in [0.15, 0.2) is 18.5 Å². The fourth-order valence-corrected chi connectivity index (χ4v) is 1.14. The number of hydrogen-bond donors (Lipinski definition) is 1. The summed E-state index contributed by atoms with van der Waals surface area (Å²) in [5.41, 5.74) is 5.64. The quantitative estimate of drug-likeness (QED) is 0.801. The molecule has 0 fully saturated rings. The van der Waals surface area contributed by atoms with Gasteiger partial charge in [-0.3, -0.25) is 4.98 Å². The maximum atomic E-state index is 13.4. The van der Waals surface area contributed by atoms with Crippen LogP contribution in [0.3, 0.4) is 0 Å². The van der Waals surface area contributed by atoms with Crippen molar-refractivity contribution in [2.75, 3.05) is 12.8 Å². The van der Waals surface area contributed by atoms with Crippen molar-refractivity contribution in [3.8, 4) is 17.4 Å². The summed E-state index contributed by atoms with van der Waals surface area (Å²) < 4.78 is 18.2. The fraction of sp³-hybridized carbons (Fsp3) is 0.111. The molecule has 2 heterocycles. The maximum absolute atomic E-state index is 13.4. The van der Waals surface area contributed by atoms with Crippen molar-refractivity contribution in [3.05, 3.63) is 24.3 Å². The van der Waals surface area contributed by atoms with Crippen molar-refractivity contribution in [1.82, 2.24) is 19.9 Å². The molecule has 0 aliphatic rings. The van der Waals surface area contributed by atoms with E-state index in [1.807, 2.05) is 0 Å². The van der Waals surface area contributed by atoms with E-state index in [0.717, 1.165) is 6.20 Å². The first kappa shape index (κ1) is 10.2. The summed E-state index contributed by atoms with van der Waals surface area (Å²) in [5.74, 6) is -0.447. The number of halogens is 1. The zero-order chi connectivity index (χ0) is 11.5. The number of hydrogen-bond acceptors (Lipinski definition) is 6. The number of nitrogen functional groups attached to an aromatic ring is 1. The molecule has 0 amide bonds. The summed E-state index contributed by atoms with van der Waals surface area (Å²) in [5, 5.41) is 0. The van der Waals surface area contributed by atoms with E-state index in [-0.39, 0.29) is 23.3 Å². The zero-order valence-corrected chi connectivity index (χ0v) is 8.38. The van der Waals surface area contributed by atoms with Crippen LogP contribution in [0.4, 0.5) is 10.3 Å². The lowest BCUT2D eigenvalue weighted by molar-refractivity contribution is 0.379. The van der Waals surface area contributed by atoms with Gasteiger partial charge < -0.3 is 10.5 Å². The number of aromatic nitrogens is 4. The SMILES string of the molecule is COc1nc(N)nc(-c2ccncc2F)n1. The first-order valence-electron chi connectivity index (χ1n) is 4.36. The molecule has 2 rings (SSSR count). The van der Waals surface area contributed by atoms with Crippen molar-refractivity contribution in [1.29, 1.82) is 0 Å². The van der Waals surface area contributed by atoms with E-state index in [1.165, 1.54) is 19.4 Å². The van der Waals surface area contributed by atoms with Gasteiger partial charge in [0.25, 0.3) is 0 Å². The summed E-state index contributed by atoms with van der Waals surface area (Å²) in [6.07, 6.45) is 2.51. The lowest BCUT2D eigenvalue weighted by Gasteiger charge is -2.03. The largest absolute Gasteiger partial charge is 0.467 e. The number of pyridine rings is 1. The van der Waals surface area contributed by atoms with Gasteiger partial charge in [0.2, 0.25) is 5.95 Å². The predicted octanol–water partition coefficient (Wildman–Crippen LogP) is 0.663. The Morgan fingerprint density at radius 1 is 1.31 bits per heavy atom. The molecule has 2 aromatic heterocycles. The first-order chi connectivity index (χ1) is 7.70. The third-order valence-electron chi connectivity index (χ3n) is 1.83. The van der Waals surface area contributed by atoms with E-state index in [9.17, 15) is 4.39 Å². The normalized spacial score (nSPS) is 10.1. The Hall–Kier alpha value is -2.31. The van der Waals surface area contributed by atoms with Crippen molar-refractivity contribution in [2.24, 2.45) is 0 Å². The predicted molar refractivity (Wildman–Crippen MR) is 54.0 cm³/mol. The molecule has 7 heteroatoms. The van der Waals surface area contributed by atoms with Gasteiger partial charge in [-0.2, -0.15) is 15.0 Å². The second kappa shape index (κ2) is 4.05. The van der Waals surface area contributed by atoms with Gasteiger partial charge in [-0.05, 0) is 6.07 Å². The molecule has 2 N–H and O–H groups in total. The van der Waals surface area contributed by atoms with Gasteiger partial charge in [0.1, 0.15) is 0 Å². The molecule has 0 unspecified atom stereocenters. The minimum absolute atomic E-state index is 0.0296. The molecule has 0 spiro atoms. The van der Waals surface area contributed by atoms with Gasteiger partial charge >= 0.3 is 6.01 Å². The van der Waals surface area contributed by atoms with Crippen molar-refractivity contribution >= 4 is 5.95 Å². The van der Waals surface area contributed by atoms with Crippen LogP contribution in [0.2, 0.25) is 0 Å². The summed E-state index contributed by atoms with van der Waals surface area (Å²) in [4.78, 5) is 15.0. The molecular weight excluding hydrogens is 213 g/mol. The highest BCUT2D eigenvalue weighted by Crippen LogP contribution is 2.19. The monoisotopic (exact) mass is 221 g/mol. The molecule has 0 bridgehead atoms. The van der Waals surface area contributed by atoms with Gasteiger partial charge in [-0.1, -0.05) is 0 Å². The smallest absolute Gasteiger partial charge is 0.321 e. The highest BCUT2D eigenvalue weighted by atomic mass is 19.1. The number of nitrogens with two attached hydrogens (primary N) is 1. The Labute approximate surface area is 90.4 Å². The number of methoxy groups -OCH3 is 1. The number of anilines is 1. The summed E-state index contributed by atoms with van der Waals surface area (Å²) >= 11 is 0. The number of rotatable bonds is 2. The van der Waals surface area contributed by atoms with Crippen LogP contribution in [0.1, 0.15) is 0 Å². The molecule has 0 radical (unpaired) electrons. The van der Waals surface area contributed by atoms with Crippen LogP contribution in [-0.4, -0.2) is 27.0 Å².